The van der Waals surface area contributed by atoms with Crippen molar-refractivity contribution in [2.24, 2.45) is 5.41 Å². The normalized spacial score (nSPS) is 19.7. The number of ether oxygens (including phenoxy) is 1. The molecule has 0 N–H and O–H groups in total. The highest BCUT2D eigenvalue weighted by Crippen LogP contribution is 2.45. The van der Waals surface area contributed by atoms with Gasteiger partial charge in [-0.05, 0) is 33.6 Å². The van der Waals surface area contributed by atoms with Crippen molar-refractivity contribution in [1.29, 1.82) is 0 Å². The lowest BCUT2D eigenvalue weighted by Crippen LogP contribution is -2.56. The molecule has 5 heteroatoms. The van der Waals surface area contributed by atoms with E-state index in [1.165, 1.54) is 0 Å². The molecule has 0 unspecified atom stereocenters. The maximum Gasteiger partial charge on any atom is 0.318 e. The van der Waals surface area contributed by atoms with Crippen molar-refractivity contribution in [3.05, 3.63) is 10.1 Å². The Morgan fingerprint density at radius 2 is 1.88 bits per heavy atom. The number of esters is 1. The smallest absolute Gasteiger partial charge is 0.318 e. The molecule has 0 amide bonds. The molecule has 0 spiro atoms. The predicted molar refractivity (Wildman–Crippen MR) is 63.2 cm³/mol. The van der Waals surface area contributed by atoms with E-state index in [0.717, 1.165) is 19.3 Å². The highest BCUT2D eigenvalue weighted by atomic mass is 16.6. The Morgan fingerprint density at radius 1 is 1.35 bits per heavy atom. The molecule has 1 aliphatic rings. The highest BCUT2D eigenvalue weighted by molar-refractivity contribution is 5.77. The molecule has 0 aliphatic heterocycles. The average Bonchev–Trinajstić information content (AvgIpc) is 2.29. The minimum absolute atomic E-state index is 0.260. The summed E-state index contributed by atoms with van der Waals surface area (Å²) in [6, 6.07) is 0. The van der Waals surface area contributed by atoms with Crippen LogP contribution < -0.4 is 0 Å². The van der Waals surface area contributed by atoms with Gasteiger partial charge in [0.15, 0.2) is 0 Å². The van der Waals surface area contributed by atoms with E-state index in [9.17, 15) is 14.9 Å². The summed E-state index contributed by atoms with van der Waals surface area (Å²) in [6.45, 7) is 5.25. The first kappa shape index (κ1) is 13.9. The highest BCUT2D eigenvalue weighted by Gasteiger charge is 2.60. The summed E-state index contributed by atoms with van der Waals surface area (Å²) in [5.41, 5.74) is -2.22. The molecule has 0 saturated heterocycles. The maximum absolute atomic E-state index is 11.9. The fourth-order valence-corrected chi connectivity index (χ4v) is 2.67. The van der Waals surface area contributed by atoms with Crippen LogP contribution in [-0.2, 0) is 9.53 Å². The van der Waals surface area contributed by atoms with E-state index in [1.54, 1.807) is 20.8 Å². The topological polar surface area (TPSA) is 69.4 Å². The van der Waals surface area contributed by atoms with Crippen molar-refractivity contribution < 1.29 is 14.5 Å². The van der Waals surface area contributed by atoms with Crippen molar-refractivity contribution in [2.75, 3.05) is 6.61 Å². The molecular formula is C12H21NO4. The van der Waals surface area contributed by atoms with Gasteiger partial charge in [-0.1, -0.05) is 6.42 Å². The monoisotopic (exact) mass is 243 g/mol. The molecular weight excluding hydrogens is 222 g/mol. The number of hydrogen-bond donors (Lipinski definition) is 0. The average molecular weight is 243 g/mol. The van der Waals surface area contributed by atoms with E-state index in [-0.39, 0.29) is 11.5 Å². The Bertz CT molecular complexity index is 306. The van der Waals surface area contributed by atoms with Gasteiger partial charge in [0, 0.05) is 17.8 Å². The predicted octanol–water partition coefficient (Wildman–Crippen LogP) is 2.56. The van der Waals surface area contributed by atoms with Gasteiger partial charge in [-0.15, -0.1) is 0 Å². The molecule has 0 atom stereocenters. The van der Waals surface area contributed by atoms with Gasteiger partial charge >= 0.3 is 5.97 Å². The van der Waals surface area contributed by atoms with Crippen LogP contribution >= 0.6 is 0 Å². The summed E-state index contributed by atoms with van der Waals surface area (Å²) in [7, 11) is 0. The second kappa shape index (κ2) is 5.02. The summed E-state index contributed by atoms with van der Waals surface area (Å²) < 4.78 is 4.99. The standard InChI is InChI=1S/C12H21NO4/c1-4-17-10(14)11(2,3)12(13(15)16)8-6-5-7-9-12/h4-9H2,1-3H3. The van der Waals surface area contributed by atoms with Gasteiger partial charge in [-0.25, -0.2) is 0 Å². The van der Waals surface area contributed by atoms with E-state index in [0.29, 0.717) is 12.8 Å². The molecule has 0 aromatic heterocycles. The fourth-order valence-electron chi connectivity index (χ4n) is 2.67. The molecule has 0 bridgehead atoms. The Kier molecular flexibility index (Phi) is 4.11. The van der Waals surface area contributed by atoms with Crippen LogP contribution in [0.3, 0.4) is 0 Å². The third kappa shape index (κ3) is 2.28. The third-order valence-corrected chi connectivity index (χ3v) is 3.98. The summed E-state index contributed by atoms with van der Waals surface area (Å²) in [5.74, 6) is -0.460. The summed E-state index contributed by atoms with van der Waals surface area (Å²) in [6.07, 6.45) is 3.56. The van der Waals surface area contributed by atoms with Crippen molar-refractivity contribution in [1.82, 2.24) is 0 Å². The van der Waals surface area contributed by atoms with Crippen molar-refractivity contribution in [3.8, 4) is 0 Å². The zero-order valence-electron chi connectivity index (χ0n) is 10.8. The summed E-state index contributed by atoms with van der Waals surface area (Å²) in [5, 5.41) is 11.4. The quantitative estimate of drug-likeness (QED) is 0.432. The summed E-state index contributed by atoms with van der Waals surface area (Å²) in [4.78, 5) is 23.1. The Hall–Kier alpha value is -1.13. The van der Waals surface area contributed by atoms with Gasteiger partial charge in [0.2, 0.25) is 5.54 Å². The molecule has 0 radical (unpaired) electrons. The summed E-state index contributed by atoms with van der Waals surface area (Å²) >= 11 is 0. The van der Waals surface area contributed by atoms with Crippen molar-refractivity contribution in [2.45, 2.75) is 58.4 Å². The zero-order chi connectivity index (χ0) is 13.1. The zero-order valence-corrected chi connectivity index (χ0v) is 10.8. The molecule has 1 aliphatic carbocycles. The second-order valence-corrected chi connectivity index (χ2v) is 5.19. The fraction of sp³-hybridized carbons (Fsp3) is 0.917. The van der Waals surface area contributed by atoms with Crippen LogP contribution in [-0.4, -0.2) is 23.0 Å². The number of hydrogen-bond acceptors (Lipinski definition) is 4. The Labute approximate surface area is 102 Å². The number of nitrogens with zero attached hydrogens (tertiary/aromatic N) is 1. The molecule has 98 valence electrons. The minimum atomic E-state index is -1.16. The van der Waals surface area contributed by atoms with E-state index < -0.39 is 16.9 Å². The first-order valence-corrected chi connectivity index (χ1v) is 6.20. The van der Waals surface area contributed by atoms with Crippen LogP contribution in [0.5, 0.6) is 0 Å². The first-order chi connectivity index (χ1) is 7.88. The molecule has 1 saturated carbocycles. The second-order valence-electron chi connectivity index (χ2n) is 5.19. The Balaban J connectivity index is 3.04. The first-order valence-electron chi connectivity index (χ1n) is 6.20. The SMILES string of the molecule is CCOC(=O)C(C)(C)C1([N+](=O)[O-])CCCCC1. The number of nitro groups is 1. The minimum Gasteiger partial charge on any atom is -0.465 e. The van der Waals surface area contributed by atoms with E-state index in [1.807, 2.05) is 0 Å². The van der Waals surface area contributed by atoms with E-state index in [4.69, 9.17) is 4.74 Å². The molecule has 0 heterocycles. The largest absolute Gasteiger partial charge is 0.465 e. The van der Waals surface area contributed by atoms with E-state index in [2.05, 4.69) is 0 Å². The number of rotatable bonds is 4. The van der Waals surface area contributed by atoms with Crippen LogP contribution in [0.2, 0.25) is 0 Å². The third-order valence-electron chi connectivity index (χ3n) is 3.98. The lowest BCUT2D eigenvalue weighted by atomic mass is 9.65. The van der Waals surface area contributed by atoms with Crippen LogP contribution in [0, 0.1) is 15.5 Å². The molecule has 1 fully saturated rings. The molecule has 0 aromatic rings. The van der Waals surface area contributed by atoms with Gasteiger partial charge < -0.3 is 4.74 Å². The van der Waals surface area contributed by atoms with Crippen LogP contribution in [0.25, 0.3) is 0 Å². The maximum atomic E-state index is 11.9. The number of carbonyl (C=O) groups is 1. The van der Waals surface area contributed by atoms with Crippen LogP contribution in [0.4, 0.5) is 0 Å². The molecule has 5 nitrogen and oxygen atoms in total. The molecule has 0 aromatic carbocycles. The Morgan fingerprint density at radius 3 is 2.29 bits per heavy atom. The van der Waals surface area contributed by atoms with Crippen LogP contribution in [0.15, 0.2) is 0 Å². The molecule has 1 rings (SSSR count). The van der Waals surface area contributed by atoms with Gasteiger partial charge in [-0.3, -0.25) is 14.9 Å². The number of carbonyl (C=O) groups excluding carboxylic acids is 1. The van der Waals surface area contributed by atoms with E-state index >= 15 is 0 Å². The lowest BCUT2D eigenvalue weighted by Gasteiger charge is -2.39. The van der Waals surface area contributed by atoms with Crippen molar-refractivity contribution in [3.63, 3.8) is 0 Å². The van der Waals surface area contributed by atoms with Gasteiger partial charge in [0.25, 0.3) is 0 Å². The lowest BCUT2D eigenvalue weighted by molar-refractivity contribution is -0.592. The van der Waals surface area contributed by atoms with Crippen LogP contribution in [0.1, 0.15) is 52.9 Å². The van der Waals surface area contributed by atoms with Crippen molar-refractivity contribution >= 4 is 5.97 Å². The van der Waals surface area contributed by atoms with Gasteiger partial charge in [0.05, 0.1) is 6.61 Å². The molecule has 17 heavy (non-hydrogen) atoms. The van der Waals surface area contributed by atoms with Gasteiger partial charge in [-0.2, -0.15) is 0 Å². The van der Waals surface area contributed by atoms with Gasteiger partial charge in [0.1, 0.15) is 5.41 Å².